The molecule has 2 aromatic rings. The summed E-state index contributed by atoms with van der Waals surface area (Å²) in [5.74, 6) is 0.916. The number of anilines is 1. The highest BCUT2D eigenvalue weighted by Gasteiger charge is 2.10. The Morgan fingerprint density at radius 3 is 2.94 bits per heavy atom. The highest BCUT2D eigenvalue weighted by atomic mass is 16.5. The summed E-state index contributed by atoms with van der Waals surface area (Å²) in [5, 5.41) is 8.57. The topological polar surface area (TPSA) is 41.3 Å². The molecule has 4 heteroatoms. The van der Waals surface area contributed by atoms with Crippen LogP contribution in [0.5, 0.6) is 0 Å². The van der Waals surface area contributed by atoms with Gasteiger partial charge in [-0.25, -0.2) is 0 Å². The molecule has 0 radical (unpaired) electrons. The van der Waals surface area contributed by atoms with E-state index in [1.54, 1.807) is 0 Å². The maximum absolute atomic E-state index is 5.29. The molecule has 1 aromatic carbocycles. The van der Waals surface area contributed by atoms with Gasteiger partial charge >= 0.3 is 0 Å². The van der Waals surface area contributed by atoms with Gasteiger partial charge in [-0.1, -0.05) is 24.2 Å². The first-order chi connectivity index (χ1) is 8.33. The molecule has 0 atom stereocenters. The molecule has 0 aliphatic rings. The summed E-state index contributed by atoms with van der Waals surface area (Å²) < 4.78 is 5.29. The maximum Gasteiger partial charge on any atom is 0.179 e. The average Bonchev–Trinajstić information content (AvgIpc) is 2.78. The molecule has 1 aromatic heterocycles. The number of para-hydroxylation sites is 1. The second-order valence-corrected chi connectivity index (χ2v) is 4.17. The summed E-state index contributed by atoms with van der Waals surface area (Å²) in [6.45, 7) is 5.12. The summed E-state index contributed by atoms with van der Waals surface area (Å²) in [6, 6.07) is 7.94. The Morgan fingerprint density at radius 2 is 2.12 bits per heavy atom. The molecule has 0 bridgehead atoms. The third-order valence-corrected chi connectivity index (χ3v) is 2.77. The van der Waals surface area contributed by atoms with Crippen LogP contribution < -0.4 is 10.2 Å². The second-order valence-electron chi connectivity index (χ2n) is 4.17. The molecule has 17 heavy (non-hydrogen) atoms. The zero-order valence-electron chi connectivity index (χ0n) is 10.4. The molecule has 0 amide bonds. The van der Waals surface area contributed by atoms with Crippen molar-refractivity contribution in [1.82, 2.24) is 10.5 Å². The molecule has 0 saturated heterocycles. The molecule has 1 N–H and O–H groups in total. The number of hydrogen-bond donors (Lipinski definition) is 1. The lowest BCUT2D eigenvalue weighted by atomic mass is 10.2. The lowest BCUT2D eigenvalue weighted by Crippen LogP contribution is -2.29. The minimum Gasteiger partial charge on any atom is -0.355 e. The highest BCUT2D eigenvalue weighted by Crippen LogP contribution is 2.24. The molecule has 92 valence electrons. The van der Waals surface area contributed by atoms with Crippen molar-refractivity contribution in [2.45, 2.75) is 13.3 Å². The van der Waals surface area contributed by atoms with Gasteiger partial charge in [-0.05, 0) is 25.1 Å². The predicted octanol–water partition coefficient (Wildman–Crippen LogP) is 2.26. The van der Waals surface area contributed by atoms with E-state index in [-0.39, 0.29) is 0 Å². The Bertz CT molecular complexity index is 466. The van der Waals surface area contributed by atoms with E-state index >= 15 is 0 Å². The fourth-order valence-electron chi connectivity index (χ4n) is 1.80. The molecule has 0 aliphatic carbocycles. The fourth-order valence-corrected chi connectivity index (χ4v) is 1.80. The first kappa shape index (κ1) is 11.9. The summed E-state index contributed by atoms with van der Waals surface area (Å²) in [7, 11) is 2.04. The third kappa shape index (κ3) is 2.77. The Kier molecular flexibility index (Phi) is 3.98. The average molecular weight is 233 g/mol. The highest BCUT2D eigenvalue weighted by molar-refractivity contribution is 5.88. The van der Waals surface area contributed by atoms with Gasteiger partial charge in [-0.2, -0.15) is 0 Å². The number of nitrogens with one attached hydrogen (secondary N) is 1. The van der Waals surface area contributed by atoms with E-state index in [1.165, 1.54) is 0 Å². The summed E-state index contributed by atoms with van der Waals surface area (Å²) in [4.78, 5) is 2.12. The van der Waals surface area contributed by atoms with Gasteiger partial charge in [0.25, 0.3) is 0 Å². The SMILES string of the molecule is CCCNCCN(C)c1noc2ccccc12. The van der Waals surface area contributed by atoms with Gasteiger partial charge in [0.2, 0.25) is 0 Å². The van der Waals surface area contributed by atoms with Crippen molar-refractivity contribution >= 4 is 16.8 Å². The zero-order chi connectivity index (χ0) is 12.1. The van der Waals surface area contributed by atoms with Crippen molar-refractivity contribution in [1.29, 1.82) is 0 Å². The van der Waals surface area contributed by atoms with Gasteiger partial charge in [0.15, 0.2) is 11.4 Å². The largest absolute Gasteiger partial charge is 0.355 e. The van der Waals surface area contributed by atoms with E-state index < -0.39 is 0 Å². The predicted molar refractivity (Wildman–Crippen MR) is 70.4 cm³/mol. The molecule has 0 aliphatic heterocycles. The maximum atomic E-state index is 5.29. The van der Waals surface area contributed by atoms with Crippen LogP contribution in [-0.4, -0.2) is 31.8 Å². The van der Waals surface area contributed by atoms with Crippen LogP contribution in [0.15, 0.2) is 28.8 Å². The number of likely N-dealkylation sites (N-methyl/N-ethyl adjacent to an activating group) is 1. The Labute approximate surface area is 102 Å². The minimum absolute atomic E-state index is 0.843. The van der Waals surface area contributed by atoms with E-state index in [0.29, 0.717) is 0 Å². The molecule has 0 spiro atoms. The first-order valence-electron chi connectivity index (χ1n) is 6.09. The van der Waals surface area contributed by atoms with E-state index in [1.807, 2.05) is 31.3 Å². The van der Waals surface area contributed by atoms with Crippen LogP contribution >= 0.6 is 0 Å². The first-order valence-corrected chi connectivity index (χ1v) is 6.09. The molecular formula is C13H19N3O. The smallest absolute Gasteiger partial charge is 0.179 e. The molecular weight excluding hydrogens is 214 g/mol. The number of rotatable bonds is 6. The minimum atomic E-state index is 0.843. The van der Waals surface area contributed by atoms with Crippen LogP contribution in [0, 0.1) is 0 Å². The molecule has 0 fully saturated rings. The number of nitrogens with zero attached hydrogens (tertiary/aromatic N) is 2. The second kappa shape index (κ2) is 5.68. The quantitative estimate of drug-likeness (QED) is 0.777. The van der Waals surface area contributed by atoms with Gasteiger partial charge < -0.3 is 14.7 Å². The molecule has 4 nitrogen and oxygen atoms in total. The monoisotopic (exact) mass is 233 g/mol. The summed E-state index contributed by atoms with van der Waals surface area (Å²) in [5.41, 5.74) is 0.843. The number of hydrogen-bond acceptors (Lipinski definition) is 4. The lowest BCUT2D eigenvalue weighted by molar-refractivity contribution is 0.455. The third-order valence-electron chi connectivity index (χ3n) is 2.77. The van der Waals surface area contributed by atoms with Crippen molar-refractivity contribution in [3.05, 3.63) is 24.3 Å². The lowest BCUT2D eigenvalue weighted by Gasteiger charge is -2.16. The fraction of sp³-hybridized carbons (Fsp3) is 0.462. The van der Waals surface area contributed by atoms with Gasteiger partial charge in [0.1, 0.15) is 0 Å². The van der Waals surface area contributed by atoms with Gasteiger partial charge in [-0.3, -0.25) is 0 Å². The standard InChI is InChI=1S/C13H19N3O/c1-3-8-14-9-10-16(2)13-11-6-4-5-7-12(11)17-15-13/h4-7,14H,3,8-10H2,1-2H3. The van der Waals surface area contributed by atoms with Crippen LogP contribution in [0.1, 0.15) is 13.3 Å². The van der Waals surface area contributed by atoms with Crippen LogP contribution in [0.2, 0.25) is 0 Å². The van der Waals surface area contributed by atoms with Crippen molar-refractivity contribution in [3.8, 4) is 0 Å². The van der Waals surface area contributed by atoms with E-state index in [2.05, 4.69) is 22.3 Å². The van der Waals surface area contributed by atoms with Crippen LogP contribution in [-0.2, 0) is 0 Å². The van der Waals surface area contributed by atoms with Crippen molar-refractivity contribution in [2.75, 3.05) is 31.6 Å². The normalized spacial score (nSPS) is 10.9. The molecule has 1 heterocycles. The summed E-state index contributed by atoms with van der Waals surface area (Å²) in [6.07, 6.45) is 1.16. The molecule has 0 saturated carbocycles. The summed E-state index contributed by atoms with van der Waals surface area (Å²) >= 11 is 0. The Balaban J connectivity index is 2.01. The van der Waals surface area contributed by atoms with E-state index in [0.717, 1.165) is 42.8 Å². The van der Waals surface area contributed by atoms with E-state index in [9.17, 15) is 0 Å². The van der Waals surface area contributed by atoms with Crippen LogP contribution in [0.3, 0.4) is 0 Å². The van der Waals surface area contributed by atoms with Gasteiger partial charge in [-0.15, -0.1) is 0 Å². The number of benzene rings is 1. The molecule has 2 rings (SSSR count). The van der Waals surface area contributed by atoms with Gasteiger partial charge in [0, 0.05) is 20.1 Å². The van der Waals surface area contributed by atoms with E-state index in [4.69, 9.17) is 4.52 Å². The Hall–Kier alpha value is -1.55. The molecule has 0 unspecified atom stereocenters. The Morgan fingerprint density at radius 1 is 1.29 bits per heavy atom. The van der Waals surface area contributed by atoms with Crippen molar-refractivity contribution in [2.24, 2.45) is 0 Å². The van der Waals surface area contributed by atoms with Gasteiger partial charge in [0.05, 0.1) is 5.39 Å². The van der Waals surface area contributed by atoms with Crippen LogP contribution in [0.25, 0.3) is 11.0 Å². The zero-order valence-corrected chi connectivity index (χ0v) is 10.4. The number of fused-ring (bicyclic) bond motifs is 1. The van der Waals surface area contributed by atoms with Crippen molar-refractivity contribution < 1.29 is 4.52 Å². The van der Waals surface area contributed by atoms with Crippen molar-refractivity contribution in [3.63, 3.8) is 0 Å². The van der Waals surface area contributed by atoms with Crippen LogP contribution in [0.4, 0.5) is 5.82 Å². The number of aromatic nitrogens is 1.